The molecule has 0 unspecified atom stereocenters. The Morgan fingerprint density at radius 3 is 2.35 bits per heavy atom. The van der Waals surface area contributed by atoms with Gasteiger partial charge in [0, 0.05) is 12.1 Å². The zero-order valence-electron chi connectivity index (χ0n) is 10.4. The Labute approximate surface area is 115 Å². The first-order valence-corrected chi connectivity index (χ1v) is 7.60. The predicted molar refractivity (Wildman–Crippen MR) is 69.0 cm³/mol. The number of carboxylic acids is 1. The van der Waals surface area contributed by atoms with Gasteiger partial charge in [0.05, 0.1) is 21.0 Å². The molecule has 1 fully saturated rings. The largest absolute Gasteiger partial charge is 0.481 e. The normalized spacial score (nSPS) is 22.6. The van der Waals surface area contributed by atoms with Crippen LogP contribution in [0, 0.1) is 16.0 Å². The van der Waals surface area contributed by atoms with Crippen molar-refractivity contribution >= 4 is 21.5 Å². The Bertz CT molecular complexity index is 636. The number of aliphatic carboxylic acids is 1. The van der Waals surface area contributed by atoms with Crippen molar-refractivity contribution in [1.82, 2.24) is 0 Å². The van der Waals surface area contributed by atoms with Gasteiger partial charge in [-0.25, -0.2) is 8.42 Å². The first-order chi connectivity index (χ1) is 9.34. The highest BCUT2D eigenvalue weighted by molar-refractivity contribution is 7.92. The Kier molecular flexibility index (Phi) is 3.76. The Balaban J connectivity index is 2.35. The molecule has 1 aliphatic rings. The van der Waals surface area contributed by atoms with Crippen molar-refractivity contribution in [2.24, 2.45) is 5.92 Å². The minimum absolute atomic E-state index is 0.0683. The van der Waals surface area contributed by atoms with E-state index in [1.165, 1.54) is 0 Å². The van der Waals surface area contributed by atoms with Gasteiger partial charge in [-0.1, -0.05) is 6.42 Å². The van der Waals surface area contributed by atoms with E-state index < -0.39 is 31.9 Å². The first-order valence-electron chi connectivity index (χ1n) is 6.05. The lowest BCUT2D eigenvalue weighted by Gasteiger charge is -2.16. The molecule has 0 radical (unpaired) electrons. The van der Waals surface area contributed by atoms with Crippen molar-refractivity contribution in [2.75, 3.05) is 0 Å². The van der Waals surface area contributed by atoms with E-state index in [0.717, 1.165) is 24.3 Å². The van der Waals surface area contributed by atoms with Crippen LogP contribution < -0.4 is 0 Å². The lowest BCUT2D eigenvalue weighted by Crippen LogP contribution is -2.30. The van der Waals surface area contributed by atoms with Crippen LogP contribution in [-0.4, -0.2) is 29.7 Å². The summed E-state index contributed by atoms with van der Waals surface area (Å²) in [6.07, 6.45) is 1.19. The number of nitro groups is 1. The van der Waals surface area contributed by atoms with Crippen molar-refractivity contribution < 1.29 is 23.2 Å². The lowest BCUT2D eigenvalue weighted by molar-refractivity contribution is -0.384. The molecule has 0 aliphatic heterocycles. The molecular formula is C12H13NO6S. The summed E-state index contributed by atoms with van der Waals surface area (Å²) in [5.41, 5.74) is -0.204. The van der Waals surface area contributed by atoms with Gasteiger partial charge < -0.3 is 5.11 Å². The molecule has 0 bridgehead atoms. The quantitative estimate of drug-likeness (QED) is 0.667. The highest BCUT2D eigenvalue weighted by Gasteiger charge is 2.42. The molecule has 108 valence electrons. The number of benzene rings is 1. The summed E-state index contributed by atoms with van der Waals surface area (Å²) in [5.74, 6) is -2.02. The van der Waals surface area contributed by atoms with E-state index >= 15 is 0 Å². The highest BCUT2D eigenvalue weighted by atomic mass is 32.2. The summed E-state index contributed by atoms with van der Waals surface area (Å²) in [6, 6.07) is 4.53. The number of carbonyl (C=O) groups is 1. The van der Waals surface area contributed by atoms with Crippen molar-refractivity contribution in [3.8, 4) is 0 Å². The fourth-order valence-corrected chi connectivity index (χ4v) is 4.54. The number of hydrogen-bond donors (Lipinski definition) is 1. The maximum absolute atomic E-state index is 12.4. The van der Waals surface area contributed by atoms with Gasteiger partial charge in [0.2, 0.25) is 0 Å². The first kappa shape index (κ1) is 14.4. The number of non-ortho nitro benzene ring substituents is 1. The number of nitro benzene ring substituents is 1. The molecule has 1 aliphatic carbocycles. The summed E-state index contributed by atoms with van der Waals surface area (Å²) in [6.45, 7) is 0. The van der Waals surface area contributed by atoms with Crippen molar-refractivity contribution in [1.29, 1.82) is 0 Å². The smallest absolute Gasteiger partial charge is 0.307 e. The number of rotatable bonds is 4. The van der Waals surface area contributed by atoms with E-state index in [9.17, 15) is 23.3 Å². The van der Waals surface area contributed by atoms with Crippen LogP contribution in [0.3, 0.4) is 0 Å². The average Bonchev–Trinajstić information content (AvgIpc) is 2.89. The number of sulfone groups is 1. The van der Waals surface area contributed by atoms with Crippen LogP contribution in [0.2, 0.25) is 0 Å². The van der Waals surface area contributed by atoms with Crippen molar-refractivity contribution in [3.63, 3.8) is 0 Å². The van der Waals surface area contributed by atoms with Gasteiger partial charge in [-0.15, -0.1) is 0 Å². The van der Waals surface area contributed by atoms with Crippen LogP contribution in [0.15, 0.2) is 29.2 Å². The van der Waals surface area contributed by atoms with Gasteiger partial charge in [0.25, 0.3) is 5.69 Å². The zero-order chi connectivity index (χ0) is 14.9. The Hall–Kier alpha value is -1.96. The molecule has 8 heteroatoms. The van der Waals surface area contributed by atoms with Crippen molar-refractivity contribution in [3.05, 3.63) is 34.4 Å². The second-order valence-electron chi connectivity index (χ2n) is 4.71. The molecule has 2 rings (SSSR count). The average molecular weight is 299 g/mol. The zero-order valence-corrected chi connectivity index (χ0v) is 11.2. The predicted octanol–water partition coefficient (Wildman–Crippen LogP) is 1.62. The maximum Gasteiger partial charge on any atom is 0.307 e. The minimum atomic E-state index is -3.78. The van der Waals surface area contributed by atoms with Gasteiger partial charge in [0.15, 0.2) is 9.84 Å². The fourth-order valence-electron chi connectivity index (χ4n) is 2.51. The van der Waals surface area contributed by atoms with E-state index in [0.29, 0.717) is 19.3 Å². The molecule has 7 nitrogen and oxygen atoms in total. The molecule has 0 spiro atoms. The SMILES string of the molecule is O=C(O)[C@H]1CCC[C@@H]1S(=O)(=O)c1ccc([N+](=O)[O-])cc1. The third-order valence-corrected chi connectivity index (χ3v) is 5.83. The van der Waals surface area contributed by atoms with E-state index in [4.69, 9.17) is 5.11 Å². The summed E-state index contributed by atoms with van der Waals surface area (Å²) in [5, 5.41) is 18.6. The summed E-state index contributed by atoms with van der Waals surface area (Å²) >= 11 is 0. The highest BCUT2D eigenvalue weighted by Crippen LogP contribution is 2.35. The maximum atomic E-state index is 12.4. The molecule has 20 heavy (non-hydrogen) atoms. The second kappa shape index (κ2) is 5.20. The second-order valence-corrected chi connectivity index (χ2v) is 6.88. The fraction of sp³-hybridized carbons (Fsp3) is 0.417. The van der Waals surface area contributed by atoms with Gasteiger partial charge in [0.1, 0.15) is 0 Å². The molecule has 1 aromatic rings. The number of hydrogen-bond acceptors (Lipinski definition) is 5. The van der Waals surface area contributed by atoms with Crippen LogP contribution in [0.5, 0.6) is 0 Å². The van der Waals surface area contributed by atoms with Crippen LogP contribution in [0.1, 0.15) is 19.3 Å². The van der Waals surface area contributed by atoms with Gasteiger partial charge in [-0.3, -0.25) is 14.9 Å². The molecule has 2 atom stereocenters. The van der Waals surface area contributed by atoms with Gasteiger partial charge >= 0.3 is 5.97 Å². The molecule has 1 saturated carbocycles. The Morgan fingerprint density at radius 1 is 1.25 bits per heavy atom. The number of nitrogens with zero attached hydrogens (tertiary/aromatic N) is 1. The standard InChI is InChI=1S/C12H13NO6S/c14-12(15)10-2-1-3-11(10)20(18,19)9-6-4-8(5-7-9)13(16)17/h4-7,10-11H,1-3H2,(H,14,15)/t10-,11-/m0/s1. The molecule has 0 saturated heterocycles. The van der Waals surface area contributed by atoms with Gasteiger partial charge in [-0.2, -0.15) is 0 Å². The topological polar surface area (TPSA) is 115 Å². The van der Waals surface area contributed by atoms with Crippen LogP contribution >= 0.6 is 0 Å². The third-order valence-electron chi connectivity index (χ3n) is 3.54. The monoisotopic (exact) mass is 299 g/mol. The molecular weight excluding hydrogens is 286 g/mol. The van der Waals surface area contributed by atoms with Crippen LogP contribution in [-0.2, 0) is 14.6 Å². The summed E-state index contributed by atoms with van der Waals surface area (Å²) in [7, 11) is -3.78. The number of carboxylic acid groups (broad SMARTS) is 1. The molecule has 0 aromatic heterocycles. The van der Waals surface area contributed by atoms with Crippen molar-refractivity contribution in [2.45, 2.75) is 29.4 Å². The Morgan fingerprint density at radius 2 is 1.85 bits per heavy atom. The molecule has 1 N–H and O–H groups in total. The summed E-state index contributed by atoms with van der Waals surface area (Å²) in [4.78, 5) is 20.9. The molecule has 1 aromatic carbocycles. The van der Waals surface area contributed by atoms with Crippen LogP contribution in [0.4, 0.5) is 5.69 Å². The van der Waals surface area contributed by atoms with E-state index in [2.05, 4.69) is 0 Å². The summed E-state index contributed by atoms with van der Waals surface area (Å²) < 4.78 is 24.8. The van der Waals surface area contributed by atoms with Gasteiger partial charge in [-0.05, 0) is 25.0 Å². The van der Waals surface area contributed by atoms with Crippen LogP contribution in [0.25, 0.3) is 0 Å². The lowest BCUT2D eigenvalue weighted by atomic mass is 10.1. The molecule has 0 amide bonds. The third kappa shape index (κ3) is 2.51. The van der Waals surface area contributed by atoms with E-state index in [1.54, 1.807) is 0 Å². The minimum Gasteiger partial charge on any atom is -0.481 e. The van der Waals surface area contributed by atoms with E-state index in [1.807, 2.05) is 0 Å². The molecule has 0 heterocycles. The van der Waals surface area contributed by atoms with E-state index in [-0.39, 0.29) is 10.6 Å².